The van der Waals surface area contributed by atoms with E-state index in [1.165, 1.54) is 16.7 Å². The lowest BCUT2D eigenvalue weighted by Crippen LogP contribution is -2.18. The van der Waals surface area contributed by atoms with Gasteiger partial charge < -0.3 is 9.88 Å². The summed E-state index contributed by atoms with van der Waals surface area (Å²) in [5.41, 5.74) is 4.46. The van der Waals surface area contributed by atoms with Gasteiger partial charge in [0, 0.05) is 25.0 Å². The van der Waals surface area contributed by atoms with Crippen LogP contribution >= 0.6 is 0 Å². The van der Waals surface area contributed by atoms with E-state index in [-0.39, 0.29) is 0 Å². The van der Waals surface area contributed by atoms with Gasteiger partial charge in [-0.25, -0.2) is 0 Å². The van der Waals surface area contributed by atoms with Crippen LogP contribution in [-0.4, -0.2) is 11.1 Å². The van der Waals surface area contributed by atoms with E-state index in [2.05, 4.69) is 55.2 Å². The summed E-state index contributed by atoms with van der Waals surface area (Å²) in [7, 11) is 0. The van der Waals surface area contributed by atoms with Crippen molar-refractivity contribution in [3.8, 4) is 6.07 Å². The molecule has 0 amide bonds. The number of nitrogens with zero attached hydrogens (tertiary/aromatic N) is 2. The maximum atomic E-state index is 8.92. The van der Waals surface area contributed by atoms with Gasteiger partial charge in [-0.1, -0.05) is 13.0 Å². The van der Waals surface area contributed by atoms with Crippen molar-refractivity contribution in [1.29, 1.82) is 5.26 Å². The molecule has 0 bridgehead atoms. The second-order valence-electron chi connectivity index (χ2n) is 5.55. The van der Waals surface area contributed by atoms with Gasteiger partial charge in [0.15, 0.2) is 0 Å². The lowest BCUT2D eigenvalue weighted by molar-refractivity contribution is 0.569. The van der Waals surface area contributed by atoms with Crippen molar-refractivity contribution < 1.29 is 0 Å². The average Bonchev–Trinajstić information content (AvgIpc) is 2.95. The van der Waals surface area contributed by atoms with Crippen molar-refractivity contribution in [2.45, 2.75) is 39.8 Å². The summed E-state index contributed by atoms with van der Waals surface area (Å²) in [5.74, 6) is 0. The zero-order valence-electron chi connectivity index (χ0n) is 13.1. The highest BCUT2D eigenvalue weighted by Crippen LogP contribution is 2.16. The lowest BCUT2D eigenvalue weighted by Gasteiger charge is -2.11. The molecule has 0 saturated carbocycles. The minimum Gasteiger partial charge on any atom is -0.350 e. The summed E-state index contributed by atoms with van der Waals surface area (Å²) in [6.07, 6.45) is 5.47. The molecule has 0 fully saturated rings. The van der Waals surface area contributed by atoms with Crippen LogP contribution in [0.15, 0.2) is 36.7 Å². The van der Waals surface area contributed by atoms with Crippen LogP contribution in [0.4, 0.5) is 0 Å². The van der Waals surface area contributed by atoms with E-state index < -0.39 is 0 Å². The number of benzene rings is 1. The molecule has 0 aliphatic rings. The number of aromatic nitrogens is 1. The molecule has 1 atom stereocenters. The quantitative estimate of drug-likeness (QED) is 0.875. The fourth-order valence-electron chi connectivity index (χ4n) is 2.43. The average molecular weight is 281 g/mol. The third-order valence-corrected chi connectivity index (χ3v) is 3.80. The number of nitrogens with one attached hydrogen (secondary N) is 1. The summed E-state index contributed by atoms with van der Waals surface area (Å²) >= 11 is 0. The SMILES string of the molecule is CCCNC(C)c1ccn(Cc2ccc(C#N)cc2C)c1. The van der Waals surface area contributed by atoms with Gasteiger partial charge in [0.25, 0.3) is 0 Å². The van der Waals surface area contributed by atoms with Gasteiger partial charge in [0.2, 0.25) is 0 Å². The summed E-state index contributed by atoms with van der Waals surface area (Å²) in [5, 5.41) is 12.4. The van der Waals surface area contributed by atoms with E-state index in [0.29, 0.717) is 6.04 Å². The maximum Gasteiger partial charge on any atom is 0.0991 e. The topological polar surface area (TPSA) is 40.8 Å². The molecule has 3 nitrogen and oxygen atoms in total. The smallest absolute Gasteiger partial charge is 0.0991 e. The Hall–Kier alpha value is -2.05. The zero-order valence-corrected chi connectivity index (χ0v) is 13.1. The van der Waals surface area contributed by atoms with Crippen LogP contribution in [0.5, 0.6) is 0 Å². The molecule has 1 unspecified atom stereocenters. The van der Waals surface area contributed by atoms with Crippen LogP contribution in [0, 0.1) is 18.3 Å². The van der Waals surface area contributed by atoms with Gasteiger partial charge in [-0.3, -0.25) is 0 Å². The Kier molecular flexibility index (Phi) is 5.19. The van der Waals surface area contributed by atoms with E-state index in [4.69, 9.17) is 5.26 Å². The first-order chi connectivity index (χ1) is 10.1. The van der Waals surface area contributed by atoms with Crippen molar-refractivity contribution in [3.05, 3.63) is 58.9 Å². The van der Waals surface area contributed by atoms with Gasteiger partial charge in [-0.05, 0) is 61.7 Å². The Morgan fingerprint density at radius 2 is 2.14 bits per heavy atom. The largest absolute Gasteiger partial charge is 0.350 e. The Bertz CT molecular complexity index is 634. The van der Waals surface area contributed by atoms with Crippen molar-refractivity contribution in [1.82, 2.24) is 9.88 Å². The molecule has 1 N–H and O–H groups in total. The molecule has 1 aromatic heterocycles. The highest BCUT2D eigenvalue weighted by Gasteiger charge is 2.07. The normalized spacial score (nSPS) is 12.1. The van der Waals surface area contributed by atoms with Crippen molar-refractivity contribution in [2.24, 2.45) is 0 Å². The Morgan fingerprint density at radius 1 is 1.33 bits per heavy atom. The first kappa shape index (κ1) is 15.3. The minimum atomic E-state index is 0.383. The molecule has 1 heterocycles. The van der Waals surface area contributed by atoms with Crippen molar-refractivity contribution in [2.75, 3.05) is 6.54 Å². The van der Waals surface area contributed by atoms with E-state index in [9.17, 15) is 0 Å². The molecule has 3 heteroatoms. The minimum absolute atomic E-state index is 0.383. The fourth-order valence-corrected chi connectivity index (χ4v) is 2.43. The fraction of sp³-hybridized carbons (Fsp3) is 0.389. The Morgan fingerprint density at radius 3 is 2.81 bits per heavy atom. The van der Waals surface area contributed by atoms with Gasteiger partial charge in [-0.15, -0.1) is 0 Å². The zero-order chi connectivity index (χ0) is 15.2. The molecule has 110 valence electrons. The number of hydrogen-bond acceptors (Lipinski definition) is 2. The highest BCUT2D eigenvalue weighted by molar-refractivity contribution is 5.37. The molecule has 21 heavy (non-hydrogen) atoms. The van der Waals surface area contributed by atoms with Crippen LogP contribution in [0.3, 0.4) is 0 Å². The van der Waals surface area contributed by atoms with E-state index in [0.717, 1.165) is 25.1 Å². The van der Waals surface area contributed by atoms with E-state index in [1.54, 1.807) is 0 Å². The van der Waals surface area contributed by atoms with Gasteiger partial charge >= 0.3 is 0 Å². The molecule has 2 rings (SSSR count). The predicted molar refractivity (Wildman–Crippen MR) is 86.1 cm³/mol. The first-order valence-corrected chi connectivity index (χ1v) is 7.52. The summed E-state index contributed by atoms with van der Waals surface area (Å²) in [6.45, 7) is 8.33. The molecule has 0 aliphatic carbocycles. The number of nitriles is 1. The van der Waals surface area contributed by atoms with Crippen LogP contribution in [0.2, 0.25) is 0 Å². The standard InChI is InChI=1S/C18H23N3/c1-4-8-20-15(3)18-7-9-21(13-18)12-17-6-5-16(11-19)10-14(17)2/h5-7,9-10,13,15,20H,4,8,12H2,1-3H3. The molecule has 1 aromatic carbocycles. The molecule has 2 aromatic rings. The predicted octanol–water partition coefficient (Wildman–Crippen LogP) is 3.78. The van der Waals surface area contributed by atoms with Crippen LogP contribution in [0.25, 0.3) is 0 Å². The first-order valence-electron chi connectivity index (χ1n) is 7.52. The van der Waals surface area contributed by atoms with Crippen LogP contribution < -0.4 is 5.32 Å². The summed E-state index contributed by atoms with van der Waals surface area (Å²) < 4.78 is 2.20. The summed E-state index contributed by atoms with van der Waals surface area (Å²) in [6, 6.07) is 10.6. The number of aryl methyl sites for hydroxylation is 1. The monoisotopic (exact) mass is 281 g/mol. The summed E-state index contributed by atoms with van der Waals surface area (Å²) in [4.78, 5) is 0. The number of hydrogen-bond donors (Lipinski definition) is 1. The molecule has 0 spiro atoms. The molecule has 0 radical (unpaired) electrons. The molecule has 0 saturated heterocycles. The number of rotatable bonds is 6. The van der Waals surface area contributed by atoms with Crippen molar-refractivity contribution >= 4 is 0 Å². The maximum absolute atomic E-state index is 8.92. The lowest BCUT2D eigenvalue weighted by atomic mass is 10.1. The third-order valence-electron chi connectivity index (χ3n) is 3.80. The van der Waals surface area contributed by atoms with Gasteiger partial charge in [0.05, 0.1) is 11.6 Å². The Balaban J connectivity index is 2.07. The van der Waals surface area contributed by atoms with E-state index >= 15 is 0 Å². The second kappa shape index (κ2) is 7.10. The molecule has 0 aliphatic heterocycles. The van der Waals surface area contributed by atoms with Crippen LogP contribution in [0.1, 0.15) is 48.6 Å². The molecular weight excluding hydrogens is 258 g/mol. The molecular formula is C18H23N3. The van der Waals surface area contributed by atoms with E-state index in [1.807, 2.05) is 18.2 Å². The Labute approximate surface area is 127 Å². The third kappa shape index (κ3) is 3.96. The van der Waals surface area contributed by atoms with Gasteiger partial charge in [-0.2, -0.15) is 5.26 Å². The van der Waals surface area contributed by atoms with Crippen molar-refractivity contribution in [3.63, 3.8) is 0 Å². The second-order valence-corrected chi connectivity index (χ2v) is 5.55. The van der Waals surface area contributed by atoms with Gasteiger partial charge in [0.1, 0.15) is 0 Å². The van der Waals surface area contributed by atoms with Crippen LogP contribution in [-0.2, 0) is 6.54 Å². The highest BCUT2D eigenvalue weighted by atomic mass is 15.0.